The molecule has 5 heterocycles. The van der Waals surface area contributed by atoms with Crippen LogP contribution in [0.1, 0.15) is 48.6 Å². The lowest BCUT2D eigenvalue weighted by Gasteiger charge is -2.47. The molecule has 0 saturated carbocycles. The standard InChI is InChI=1S/C113H76B2N2O3/c1-112(2,3)82-68-97-103-98(69-82)117(107-85(75-42-20-8-21-43-75)54-33-55-86(107)76-44-22-9-23-45-76)108-94(62-61-90-89-51-29-31-57-100(89)118-110(90)108)115(103)104-99(116(97)106-83(73-38-16-6-17-39-73)52-32-53-84(106)74-40-18-7-19-41-74)70-102-105-111(104)119-101-63-59-77(71-34-12-4-13-35-71)66-95(101)114(105)96-67-79(72-36-14-5-15-37-72)64-91(109(96)120-102)78-58-60-88-87-50-28-30-56-92(87)113(93(88)65-78,80-46-24-10-25-47-80)81-48-26-11-27-49-81/h4-70H,1-3H3. The zero-order valence-electron chi connectivity index (χ0n) is 66.5. The zero-order valence-corrected chi connectivity index (χ0v) is 66.5. The second-order valence-electron chi connectivity index (χ2n) is 33.5. The molecule has 18 aromatic carbocycles. The third kappa shape index (κ3) is 10.5. The van der Waals surface area contributed by atoms with E-state index in [2.05, 4.69) is 437 Å². The van der Waals surface area contributed by atoms with Gasteiger partial charge in [-0.15, -0.1) is 0 Å². The highest BCUT2D eigenvalue weighted by Crippen LogP contribution is 2.60. The molecule has 0 unspecified atom stereocenters. The Morgan fingerprint density at radius 1 is 0.267 bits per heavy atom. The zero-order chi connectivity index (χ0) is 79.5. The first-order chi connectivity index (χ1) is 59.2. The van der Waals surface area contributed by atoms with E-state index in [1.807, 2.05) is 0 Å². The van der Waals surface area contributed by atoms with E-state index in [-0.39, 0.29) is 0 Å². The molecule has 5 nitrogen and oxygen atoms in total. The summed E-state index contributed by atoms with van der Waals surface area (Å²) in [6.45, 7) is 6.15. The molecule has 0 atom stereocenters. The van der Waals surface area contributed by atoms with E-state index in [1.165, 1.54) is 33.4 Å². The summed E-state index contributed by atoms with van der Waals surface area (Å²) >= 11 is 0. The van der Waals surface area contributed by atoms with Crippen LogP contribution >= 0.6 is 0 Å². The van der Waals surface area contributed by atoms with Gasteiger partial charge in [-0.3, -0.25) is 0 Å². The molecule has 0 radical (unpaired) electrons. The Balaban J connectivity index is 0.856. The molecule has 0 fully saturated rings. The molecule has 0 saturated heterocycles. The number of nitrogens with zero attached hydrogens (tertiary/aromatic N) is 2. The molecule has 0 amide bonds. The minimum Gasteiger partial charge on any atom is -0.459 e. The van der Waals surface area contributed by atoms with Crippen LogP contribution in [0.5, 0.6) is 23.0 Å². The van der Waals surface area contributed by atoms with Crippen LogP contribution in [0.25, 0.3) is 111 Å². The fourth-order valence-electron chi connectivity index (χ4n) is 20.7. The van der Waals surface area contributed by atoms with Gasteiger partial charge in [0, 0.05) is 67.2 Å². The Morgan fingerprint density at radius 2 is 0.733 bits per heavy atom. The first-order valence-corrected chi connectivity index (χ1v) is 41.8. The summed E-state index contributed by atoms with van der Waals surface area (Å²) in [6, 6.07) is 151. The molecule has 19 aromatic rings. The molecule has 1 aromatic heterocycles. The molecule has 24 rings (SSSR count). The van der Waals surface area contributed by atoms with Gasteiger partial charge in [0.25, 0.3) is 13.4 Å². The fraction of sp³-hybridized carbons (Fsp3) is 0.0442. The second-order valence-corrected chi connectivity index (χ2v) is 33.5. The number of fused-ring (bicyclic) bond motifs is 16. The Hall–Kier alpha value is -14.9. The van der Waals surface area contributed by atoms with Crippen molar-refractivity contribution >= 4 is 102 Å². The van der Waals surface area contributed by atoms with E-state index in [0.29, 0.717) is 0 Å². The lowest BCUT2D eigenvalue weighted by molar-refractivity contribution is 0.468. The lowest BCUT2D eigenvalue weighted by Crippen LogP contribution is -2.65. The van der Waals surface area contributed by atoms with Crippen molar-refractivity contribution in [1.82, 2.24) is 0 Å². The van der Waals surface area contributed by atoms with Crippen molar-refractivity contribution in [3.05, 3.63) is 434 Å². The summed E-state index contributed by atoms with van der Waals surface area (Å²) in [5, 5.41) is 2.08. The predicted octanol–water partition coefficient (Wildman–Crippen LogP) is 25.7. The van der Waals surface area contributed by atoms with Gasteiger partial charge in [-0.2, -0.15) is 0 Å². The Morgan fingerprint density at radius 3 is 1.32 bits per heavy atom. The van der Waals surface area contributed by atoms with Crippen LogP contribution in [-0.4, -0.2) is 13.4 Å². The van der Waals surface area contributed by atoms with Crippen molar-refractivity contribution in [2.45, 2.75) is 31.6 Å². The number of ether oxygens (including phenoxy) is 2. The normalized spacial score (nSPS) is 13.4. The van der Waals surface area contributed by atoms with Crippen LogP contribution in [0.4, 0.5) is 34.1 Å². The summed E-state index contributed by atoms with van der Waals surface area (Å²) in [6.07, 6.45) is 0. The number of furan rings is 1. The summed E-state index contributed by atoms with van der Waals surface area (Å²) in [4.78, 5) is 5.27. The number of para-hydroxylation sites is 3. The Bertz CT molecular complexity index is 7220. The Kier molecular flexibility index (Phi) is 15.7. The molecule has 562 valence electrons. The van der Waals surface area contributed by atoms with E-state index in [4.69, 9.17) is 13.9 Å². The van der Waals surface area contributed by atoms with E-state index < -0.39 is 24.3 Å². The number of hydrogen-bond donors (Lipinski definition) is 0. The molecular formula is C113H76B2N2O3. The number of benzene rings is 18. The van der Waals surface area contributed by atoms with Crippen molar-refractivity contribution in [3.63, 3.8) is 0 Å². The number of hydrogen-bond acceptors (Lipinski definition) is 5. The van der Waals surface area contributed by atoms with Crippen molar-refractivity contribution < 1.29 is 13.9 Å². The van der Waals surface area contributed by atoms with Crippen LogP contribution in [0, 0.1) is 0 Å². The average molecular weight is 1530 g/mol. The van der Waals surface area contributed by atoms with Crippen molar-refractivity contribution in [2.75, 3.05) is 9.80 Å². The fourth-order valence-corrected chi connectivity index (χ4v) is 20.7. The third-order valence-electron chi connectivity index (χ3n) is 26.0. The van der Waals surface area contributed by atoms with Crippen LogP contribution in [-0.2, 0) is 10.8 Å². The monoisotopic (exact) mass is 1530 g/mol. The molecule has 4 aliphatic heterocycles. The van der Waals surface area contributed by atoms with Gasteiger partial charge in [0.1, 0.15) is 28.6 Å². The van der Waals surface area contributed by atoms with E-state index in [9.17, 15) is 0 Å². The second kappa shape index (κ2) is 27.1. The van der Waals surface area contributed by atoms with Crippen molar-refractivity contribution in [3.8, 4) is 112 Å². The summed E-state index contributed by atoms with van der Waals surface area (Å²) in [5.74, 6) is 3.06. The maximum absolute atomic E-state index is 8.40. The molecule has 7 heteroatoms. The predicted molar refractivity (Wildman–Crippen MR) is 499 cm³/mol. The summed E-state index contributed by atoms with van der Waals surface area (Å²) < 4.78 is 24.4. The van der Waals surface area contributed by atoms with Crippen LogP contribution < -0.4 is 52.1 Å². The van der Waals surface area contributed by atoms with E-state index in [1.54, 1.807) is 0 Å². The molecule has 5 aliphatic rings. The minimum atomic E-state index is -0.669. The van der Waals surface area contributed by atoms with Gasteiger partial charge < -0.3 is 23.7 Å². The Labute approximate surface area is 699 Å². The van der Waals surface area contributed by atoms with Crippen LogP contribution in [0.2, 0.25) is 0 Å². The summed E-state index contributed by atoms with van der Waals surface area (Å²) in [7, 11) is 0. The first-order valence-electron chi connectivity index (χ1n) is 41.8. The molecular weight excluding hydrogens is 1450 g/mol. The third-order valence-corrected chi connectivity index (χ3v) is 26.0. The topological polar surface area (TPSA) is 38.1 Å². The highest BCUT2D eigenvalue weighted by atomic mass is 16.5. The summed E-state index contributed by atoms with van der Waals surface area (Å²) in [5.41, 5.74) is 36.5. The van der Waals surface area contributed by atoms with Gasteiger partial charge in [0.15, 0.2) is 5.58 Å². The SMILES string of the molecule is CC(C)(C)c1cc2c3c(c1)N(c1c(-c4ccccc4)cccc1-c1ccccc1)c1c(ccc4c1oc1ccccc14)B3c1c(cc3c4c1Oc1ccc(-c5ccccc5)cc1B4c1cc(-c4ccccc4)cc(-c4ccc5c(c4)C(c4ccccc4)(c4ccccc4)c4ccccc4-5)c1O3)N2c1c(-c2ccccc2)cccc1-c1ccccc1. The lowest BCUT2D eigenvalue weighted by atomic mass is 9.30. The van der Waals surface area contributed by atoms with E-state index in [0.717, 1.165) is 195 Å². The van der Waals surface area contributed by atoms with Gasteiger partial charge in [-0.05, 0) is 158 Å². The van der Waals surface area contributed by atoms with Gasteiger partial charge in [-0.1, -0.05) is 385 Å². The highest BCUT2D eigenvalue weighted by Gasteiger charge is 2.53. The van der Waals surface area contributed by atoms with E-state index >= 15 is 0 Å². The maximum atomic E-state index is 8.40. The minimum absolute atomic E-state index is 0.406. The van der Waals surface area contributed by atoms with Gasteiger partial charge >= 0.3 is 0 Å². The molecule has 0 bridgehead atoms. The van der Waals surface area contributed by atoms with Gasteiger partial charge in [0.05, 0.1) is 22.5 Å². The molecule has 0 spiro atoms. The first kappa shape index (κ1) is 69.4. The molecule has 1 aliphatic carbocycles. The average Bonchev–Trinajstić information content (AvgIpc) is 0.727. The number of rotatable bonds is 11. The quantitative estimate of drug-likeness (QED) is 0.121. The van der Waals surface area contributed by atoms with Crippen LogP contribution in [0.15, 0.2) is 411 Å². The smallest absolute Gasteiger partial charge is 0.260 e. The van der Waals surface area contributed by atoms with Gasteiger partial charge in [0.2, 0.25) is 0 Å². The number of anilines is 6. The van der Waals surface area contributed by atoms with Crippen molar-refractivity contribution in [2.24, 2.45) is 0 Å². The van der Waals surface area contributed by atoms with Crippen molar-refractivity contribution in [1.29, 1.82) is 0 Å². The van der Waals surface area contributed by atoms with Crippen LogP contribution in [0.3, 0.4) is 0 Å². The largest absolute Gasteiger partial charge is 0.459 e. The molecule has 120 heavy (non-hydrogen) atoms. The maximum Gasteiger partial charge on any atom is 0.260 e. The highest BCUT2D eigenvalue weighted by molar-refractivity contribution is 7.03. The molecule has 0 N–H and O–H groups in total. The van der Waals surface area contributed by atoms with Gasteiger partial charge in [-0.25, -0.2) is 0 Å².